The molecule has 0 spiro atoms. The highest BCUT2D eigenvalue weighted by atomic mass is 35.5. The molecule has 7 nitrogen and oxygen atoms in total. The third-order valence-electron chi connectivity index (χ3n) is 4.82. The Labute approximate surface area is 221 Å². The zero-order valence-corrected chi connectivity index (χ0v) is 22.2. The summed E-state index contributed by atoms with van der Waals surface area (Å²) in [5, 5.41) is 15.8. The molecule has 0 aliphatic heterocycles. The lowest BCUT2D eigenvalue weighted by Gasteiger charge is -2.22. The van der Waals surface area contributed by atoms with Crippen molar-refractivity contribution in [2.75, 3.05) is 11.1 Å². The van der Waals surface area contributed by atoms with Gasteiger partial charge in [-0.3, -0.25) is 9.59 Å². The first-order valence-electron chi connectivity index (χ1n) is 10.1. The molecule has 1 heterocycles. The third-order valence-corrected chi connectivity index (χ3v) is 6.99. The average molecular weight is 561 g/mol. The third kappa shape index (κ3) is 6.37. The van der Waals surface area contributed by atoms with Gasteiger partial charge in [0.05, 0.1) is 38.1 Å². The summed E-state index contributed by atoms with van der Waals surface area (Å²) < 4.78 is 1.75. The largest absolute Gasteiger partial charge is 0.342 e. The summed E-state index contributed by atoms with van der Waals surface area (Å²) in [5.74, 6) is -0.0166. The monoisotopic (exact) mass is 559 g/mol. The van der Waals surface area contributed by atoms with Crippen molar-refractivity contribution in [3.8, 4) is 0 Å². The van der Waals surface area contributed by atoms with Gasteiger partial charge in [-0.05, 0) is 30.2 Å². The Morgan fingerprint density at radius 1 is 1.03 bits per heavy atom. The number of carbonyl (C=O) groups excluding carboxylic acids is 2. The predicted molar refractivity (Wildman–Crippen MR) is 138 cm³/mol. The molecule has 1 atom stereocenters. The summed E-state index contributed by atoms with van der Waals surface area (Å²) in [5.41, 5.74) is 0.668. The van der Waals surface area contributed by atoms with E-state index in [9.17, 15) is 9.59 Å². The average Bonchev–Trinajstić information content (AvgIpc) is 3.13. The number of halogens is 4. The predicted octanol–water partition coefficient (Wildman–Crippen LogP) is 6.29. The van der Waals surface area contributed by atoms with Crippen LogP contribution in [0.2, 0.25) is 20.1 Å². The molecular formula is C22H21Cl4N5O2S. The van der Waals surface area contributed by atoms with E-state index in [0.717, 1.165) is 0 Å². The molecule has 0 saturated carbocycles. The topological polar surface area (TPSA) is 88.9 Å². The second-order valence-corrected chi connectivity index (χ2v) is 10.3. The van der Waals surface area contributed by atoms with Gasteiger partial charge in [0.2, 0.25) is 5.91 Å². The Hall–Kier alpha value is -1.97. The van der Waals surface area contributed by atoms with Gasteiger partial charge in [0.25, 0.3) is 5.91 Å². The van der Waals surface area contributed by atoms with Crippen LogP contribution in [0.1, 0.15) is 36.1 Å². The number of aromatic nitrogens is 3. The van der Waals surface area contributed by atoms with Crippen LogP contribution in [0.25, 0.3) is 0 Å². The second kappa shape index (κ2) is 11.6. The number of anilines is 1. The zero-order chi connectivity index (χ0) is 25.0. The Morgan fingerprint density at radius 2 is 1.68 bits per heavy atom. The molecule has 0 unspecified atom stereocenters. The molecule has 0 fully saturated rings. The number of rotatable bonds is 8. The van der Waals surface area contributed by atoms with Crippen LogP contribution in [-0.4, -0.2) is 32.3 Å². The summed E-state index contributed by atoms with van der Waals surface area (Å²) in [6.45, 7) is 3.93. The van der Waals surface area contributed by atoms with E-state index < -0.39 is 6.04 Å². The normalized spacial score (nSPS) is 12.0. The van der Waals surface area contributed by atoms with Gasteiger partial charge in [-0.1, -0.05) is 84.1 Å². The van der Waals surface area contributed by atoms with Gasteiger partial charge in [0, 0.05) is 12.1 Å². The quantitative estimate of drug-likeness (QED) is 0.316. The fourth-order valence-corrected chi connectivity index (χ4v) is 4.93. The van der Waals surface area contributed by atoms with Crippen molar-refractivity contribution >= 4 is 75.7 Å². The van der Waals surface area contributed by atoms with Crippen LogP contribution < -0.4 is 10.6 Å². The molecule has 3 rings (SSSR count). The molecule has 0 aliphatic rings. The minimum absolute atomic E-state index is 0.0182. The molecule has 2 amide bonds. The summed E-state index contributed by atoms with van der Waals surface area (Å²) in [6, 6.07) is 9.40. The van der Waals surface area contributed by atoms with Gasteiger partial charge in [-0.25, -0.2) is 0 Å². The highest BCUT2D eigenvalue weighted by Crippen LogP contribution is 2.34. The number of hydrogen-bond donors (Lipinski definition) is 2. The fourth-order valence-electron chi connectivity index (χ4n) is 3.08. The highest BCUT2D eigenvalue weighted by molar-refractivity contribution is 7.99. The molecule has 3 aromatic rings. The molecule has 0 bridgehead atoms. The Kier molecular flexibility index (Phi) is 9.12. The van der Waals surface area contributed by atoms with Crippen molar-refractivity contribution in [1.82, 2.24) is 20.1 Å². The minimum Gasteiger partial charge on any atom is -0.342 e. The van der Waals surface area contributed by atoms with E-state index in [2.05, 4.69) is 20.8 Å². The number of hydrogen-bond acceptors (Lipinski definition) is 5. The van der Waals surface area contributed by atoms with Gasteiger partial charge in [-0.2, -0.15) is 0 Å². The van der Waals surface area contributed by atoms with E-state index >= 15 is 0 Å². The van der Waals surface area contributed by atoms with E-state index in [0.29, 0.717) is 32.3 Å². The number of amides is 2. The fraction of sp³-hybridized carbons (Fsp3) is 0.273. The van der Waals surface area contributed by atoms with Gasteiger partial charge in [0.15, 0.2) is 11.0 Å². The molecule has 0 aliphatic carbocycles. The maximum absolute atomic E-state index is 12.8. The van der Waals surface area contributed by atoms with Gasteiger partial charge < -0.3 is 15.2 Å². The Balaban J connectivity index is 1.69. The van der Waals surface area contributed by atoms with E-state index in [1.54, 1.807) is 35.9 Å². The summed E-state index contributed by atoms with van der Waals surface area (Å²) in [4.78, 5) is 25.3. The first-order chi connectivity index (χ1) is 16.1. The summed E-state index contributed by atoms with van der Waals surface area (Å²) in [7, 11) is 1.78. The lowest BCUT2D eigenvalue weighted by atomic mass is 10.0. The zero-order valence-electron chi connectivity index (χ0n) is 18.4. The number of benzene rings is 2. The molecule has 1 aromatic heterocycles. The second-order valence-electron chi connectivity index (χ2n) is 7.66. The minimum atomic E-state index is -0.420. The number of carbonyl (C=O) groups is 2. The lowest BCUT2D eigenvalue weighted by molar-refractivity contribution is -0.113. The molecule has 34 heavy (non-hydrogen) atoms. The van der Waals surface area contributed by atoms with Crippen LogP contribution in [0.15, 0.2) is 41.6 Å². The van der Waals surface area contributed by atoms with E-state index in [1.165, 1.54) is 23.9 Å². The number of thioether (sulfide) groups is 1. The van der Waals surface area contributed by atoms with Crippen LogP contribution in [0, 0.1) is 5.92 Å². The smallest absolute Gasteiger partial charge is 0.253 e. The van der Waals surface area contributed by atoms with Crippen molar-refractivity contribution in [3.63, 3.8) is 0 Å². The van der Waals surface area contributed by atoms with Gasteiger partial charge in [-0.15, -0.1) is 10.2 Å². The first-order valence-corrected chi connectivity index (χ1v) is 12.6. The summed E-state index contributed by atoms with van der Waals surface area (Å²) in [6.07, 6.45) is 0. The van der Waals surface area contributed by atoms with Crippen molar-refractivity contribution in [2.45, 2.75) is 25.0 Å². The molecule has 0 radical (unpaired) electrons. The maximum Gasteiger partial charge on any atom is 0.253 e. The van der Waals surface area contributed by atoms with E-state index in [1.807, 2.05) is 13.8 Å². The standard InChI is InChI=1S/C22H21Cl4N5O2S/c1-11(2)18(28-21(33)13-6-4-5-7-14(13)24)20-29-30-22(31(20)3)34-10-17(32)27-19-15(25)8-12(23)9-16(19)26/h4-9,11,18H,10H2,1-3H3,(H,27,32)(H,28,33)/t18-/m1/s1. The molecule has 0 saturated heterocycles. The van der Waals surface area contributed by atoms with Crippen LogP contribution in [0.4, 0.5) is 5.69 Å². The number of nitrogens with zero attached hydrogens (tertiary/aromatic N) is 3. The van der Waals surface area contributed by atoms with Crippen molar-refractivity contribution < 1.29 is 9.59 Å². The molecule has 12 heteroatoms. The van der Waals surface area contributed by atoms with E-state index in [-0.39, 0.29) is 33.5 Å². The Morgan fingerprint density at radius 3 is 2.29 bits per heavy atom. The van der Waals surface area contributed by atoms with Crippen LogP contribution >= 0.6 is 58.2 Å². The van der Waals surface area contributed by atoms with Crippen molar-refractivity contribution in [1.29, 1.82) is 0 Å². The summed E-state index contributed by atoms with van der Waals surface area (Å²) >= 11 is 25.5. The molecular weight excluding hydrogens is 540 g/mol. The molecule has 180 valence electrons. The van der Waals surface area contributed by atoms with Crippen molar-refractivity contribution in [2.24, 2.45) is 13.0 Å². The van der Waals surface area contributed by atoms with Crippen LogP contribution in [-0.2, 0) is 11.8 Å². The molecule has 2 aromatic carbocycles. The maximum atomic E-state index is 12.8. The number of nitrogens with one attached hydrogen (secondary N) is 2. The van der Waals surface area contributed by atoms with Gasteiger partial charge >= 0.3 is 0 Å². The van der Waals surface area contributed by atoms with Crippen LogP contribution in [0.3, 0.4) is 0 Å². The SMILES string of the molecule is CC(C)[C@@H](NC(=O)c1ccccc1Cl)c1nnc(SCC(=O)Nc2c(Cl)cc(Cl)cc2Cl)n1C. The van der Waals surface area contributed by atoms with Crippen LogP contribution in [0.5, 0.6) is 0 Å². The molecule has 2 N–H and O–H groups in total. The van der Waals surface area contributed by atoms with Crippen molar-refractivity contribution in [3.05, 3.63) is 67.9 Å². The highest BCUT2D eigenvalue weighted by Gasteiger charge is 2.26. The van der Waals surface area contributed by atoms with E-state index in [4.69, 9.17) is 46.4 Å². The lowest BCUT2D eigenvalue weighted by Crippen LogP contribution is -2.33. The Bertz CT molecular complexity index is 1190. The van der Waals surface area contributed by atoms with Gasteiger partial charge in [0.1, 0.15) is 0 Å². The first kappa shape index (κ1) is 26.6.